The van der Waals surface area contributed by atoms with Crippen LogP contribution in [0.2, 0.25) is 0 Å². The van der Waals surface area contributed by atoms with Crippen LogP contribution >= 0.6 is 0 Å². The second-order valence-electron chi connectivity index (χ2n) is 8.57. The lowest BCUT2D eigenvalue weighted by Crippen LogP contribution is -2.31. The fourth-order valence-electron chi connectivity index (χ4n) is 3.65. The van der Waals surface area contributed by atoms with Gasteiger partial charge in [-0.15, -0.1) is 0 Å². The first-order chi connectivity index (χ1) is 17.4. The molecule has 0 aromatic carbocycles. The van der Waals surface area contributed by atoms with Crippen LogP contribution in [0.5, 0.6) is 0 Å². The zero-order chi connectivity index (χ0) is 28.8. The van der Waals surface area contributed by atoms with E-state index in [0.29, 0.717) is 11.8 Å². The molecule has 0 radical (unpaired) electrons. The molecular formula is C30H68N4O2. The van der Waals surface area contributed by atoms with Crippen LogP contribution in [0.4, 0.5) is 0 Å². The normalized spacial score (nSPS) is 18.8. The van der Waals surface area contributed by atoms with Gasteiger partial charge < -0.3 is 19.6 Å². The zero-order valence-electron chi connectivity index (χ0n) is 26.9. The van der Waals surface area contributed by atoms with Gasteiger partial charge in [-0.2, -0.15) is 0 Å². The molecule has 4 heterocycles. The summed E-state index contributed by atoms with van der Waals surface area (Å²) >= 11 is 0. The van der Waals surface area contributed by atoms with Crippen LogP contribution < -0.4 is 0 Å². The van der Waals surface area contributed by atoms with Gasteiger partial charge in [0.15, 0.2) is 0 Å². The van der Waals surface area contributed by atoms with Gasteiger partial charge in [0.25, 0.3) is 0 Å². The number of carbonyl (C=O) groups is 2. The van der Waals surface area contributed by atoms with Crippen molar-refractivity contribution in [1.29, 1.82) is 0 Å². The number of nitrogens with zero attached hydrogens (tertiary/aromatic N) is 4. The van der Waals surface area contributed by atoms with Crippen molar-refractivity contribution in [3.63, 3.8) is 0 Å². The first kappa shape index (κ1) is 42.0. The third kappa shape index (κ3) is 27.4. The molecule has 4 fully saturated rings. The molecule has 0 spiro atoms. The van der Waals surface area contributed by atoms with Gasteiger partial charge in [-0.25, -0.2) is 0 Å². The van der Waals surface area contributed by atoms with E-state index in [4.69, 9.17) is 0 Å². The molecule has 6 nitrogen and oxygen atoms in total. The highest BCUT2D eigenvalue weighted by Crippen LogP contribution is 2.07. The Balaban J connectivity index is -0.000000174. The van der Waals surface area contributed by atoms with E-state index < -0.39 is 0 Å². The second kappa shape index (κ2) is 33.9. The molecule has 2 amide bonds. The molecule has 0 aromatic rings. The number of rotatable bonds is 0. The third-order valence-electron chi connectivity index (χ3n) is 5.78. The molecule has 4 aliphatic heterocycles. The molecule has 0 saturated carbocycles. The topological polar surface area (TPSA) is 47.1 Å². The van der Waals surface area contributed by atoms with Crippen molar-refractivity contribution >= 4 is 11.8 Å². The van der Waals surface area contributed by atoms with Crippen molar-refractivity contribution in [2.75, 3.05) is 67.5 Å². The molecule has 0 unspecified atom stereocenters. The fraction of sp³-hybridized carbons (Fsp3) is 0.933. The lowest BCUT2D eigenvalue weighted by molar-refractivity contribution is -0.131. The van der Waals surface area contributed by atoms with E-state index in [2.05, 4.69) is 23.9 Å². The summed E-state index contributed by atoms with van der Waals surface area (Å²) in [7, 11) is 8.07. The summed E-state index contributed by atoms with van der Waals surface area (Å²) in [5.41, 5.74) is 0. The van der Waals surface area contributed by atoms with Crippen LogP contribution in [0, 0.1) is 0 Å². The summed E-state index contributed by atoms with van der Waals surface area (Å²) in [4.78, 5) is 29.5. The minimum atomic E-state index is 0.292. The fourth-order valence-corrected chi connectivity index (χ4v) is 3.65. The molecule has 0 bridgehead atoms. The molecule has 6 heteroatoms. The highest BCUT2D eigenvalue weighted by molar-refractivity contribution is 5.77. The number of piperidine rings is 2. The maximum atomic E-state index is 10.7. The summed E-state index contributed by atoms with van der Waals surface area (Å²) in [5.74, 6) is 0.594. The number of hydrogen-bond donors (Lipinski definition) is 0. The molecule has 0 atom stereocenters. The van der Waals surface area contributed by atoms with Crippen molar-refractivity contribution in [2.24, 2.45) is 0 Å². The van der Waals surface area contributed by atoms with Crippen molar-refractivity contribution in [3.8, 4) is 0 Å². The van der Waals surface area contributed by atoms with E-state index in [9.17, 15) is 9.59 Å². The monoisotopic (exact) mass is 517 g/mol. The zero-order valence-corrected chi connectivity index (χ0v) is 26.9. The number of hydrogen-bond acceptors (Lipinski definition) is 4. The van der Waals surface area contributed by atoms with Crippen LogP contribution in [0.25, 0.3) is 0 Å². The Kier molecular flexibility index (Phi) is 39.5. The maximum Gasteiger partial charge on any atom is 0.222 e. The highest BCUT2D eigenvalue weighted by atomic mass is 16.2. The van der Waals surface area contributed by atoms with Gasteiger partial charge in [-0.05, 0) is 85.2 Å². The Labute approximate surface area is 228 Å². The van der Waals surface area contributed by atoms with E-state index in [-0.39, 0.29) is 0 Å². The van der Waals surface area contributed by atoms with Crippen LogP contribution in [0.1, 0.15) is 120 Å². The Bertz CT molecular complexity index is 435. The lowest BCUT2D eigenvalue weighted by Gasteiger charge is -2.21. The van der Waals surface area contributed by atoms with Gasteiger partial charge in [-0.1, -0.05) is 61.8 Å². The van der Waals surface area contributed by atoms with Crippen LogP contribution in [-0.4, -0.2) is 98.9 Å². The van der Waals surface area contributed by atoms with Crippen molar-refractivity contribution in [3.05, 3.63) is 0 Å². The molecule has 36 heavy (non-hydrogen) atoms. The Hall–Kier alpha value is -1.14. The summed E-state index contributed by atoms with van der Waals surface area (Å²) < 4.78 is 0. The van der Waals surface area contributed by atoms with Gasteiger partial charge in [0.1, 0.15) is 0 Å². The molecular weight excluding hydrogens is 448 g/mol. The minimum Gasteiger partial charge on any atom is -0.346 e. The Morgan fingerprint density at radius 3 is 0.833 bits per heavy atom. The number of amides is 2. The van der Waals surface area contributed by atoms with E-state index in [1.165, 1.54) is 64.7 Å². The van der Waals surface area contributed by atoms with E-state index in [0.717, 1.165) is 38.8 Å². The average Bonchev–Trinajstić information content (AvgIpc) is 3.57. The van der Waals surface area contributed by atoms with Crippen LogP contribution in [-0.2, 0) is 9.59 Å². The van der Waals surface area contributed by atoms with Crippen LogP contribution in [0.15, 0.2) is 0 Å². The summed E-state index contributed by atoms with van der Waals surface area (Å²) in [6, 6.07) is 0. The summed E-state index contributed by atoms with van der Waals surface area (Å²) in [6.07, 6.45) is 11.9. The molecule has 0 aromatic heterocycles. The van der Waals surface area contributed by atoms with Crippen LogP contribution in [0.3, 0.4) is 0 Å². The van der Waals surface area contributed by atoms with E-state index in [1.54, 1.807) is 9.80 Å². The minimum absolute atomic E-state index is 0.292. The SMILES string of the molecule is CC.CC.CC.CC.CN1CCCC1.CN1CCCC1=O.CN1CCCCC1.CN1CCCCC1=O. The van der Waals surface area contributed by atoms with E-state index >= 15 is 0 Å². The van der Waals surface area contributed by atoms with Gasteiger partial charge in [0.05, 0.1) is 0 Å². The molecule has 0 aliphatic carbocycles. The number of likely N-dealkylation sites (tertiary alicyclic amines) is 4. The Morgan fingerprint density at radius 1 is 0.389 bits per heavy atom. The number of carbonyl (C=O) groups excluding carboxylic acids is 2. The molecule has 4 aliphatic rings. The first-order valence-electron chi connectivity index (χ1n) is 15.2. The highest BCUT2D eigenvalue weighted by Gasteiger charge is 2.14. The second-order valence-corrected chi connectivity index (χ2v) is 8.57. The smallest absolute Gasteiger partial charge is 0.222 e. The Morgan fingerprint density at radius 2 is 0.667 bits per heavy atom. The largest absolute Gasteiger partial charge is 0.346 e. The predicted octanol–water partition coefficient (Wildman–Crippen LogP) is 6.79. The van der Waals surface area contributed by atoms with Crippen molar-refractivity contribution in [2.45, 2.75) is 120 Å². The van der Waals surface area contributed by atoms with Gasteiger partial charge in [0.2, 0.25) is 11.8 Å². The summed E-state index contributed by atoms with van der Waals surface area (Å²) in [5, 5.41) is 0. The maximum absolute atomic E-state index is 10.7. The van der Waals surface area contributed by atoms with Gasteiger partial charge in [0, 0.05) is 40.0 Å². The predicted molar refractivity (Wildman–Crippen MR) is 162 cm³/mol. The molecule has 220 valence electrons. The summed E-state index contributed by atoms with van der Waals surface area (Å²) in [6.45, 7) is 23.2. The molecule has 4 saturated heterocycles. The molecule has 4 rings (SSSR count). The quantitative estimate of drug-likeness (QED) is 0.356. The average molecular weight is 517 g/mol. The van der Waals surface area contributed by atoms with Crippen molar-refractivity contribution in [1.82, 2.24) is 19.6 Å². The third-order valence-corrected chi connectivity index (χ3v) is 5.78. The standard InChI is InChI=1S/C6H11NO.C6H13N.C5H9NO.C5H11N.4C2H6/c1-7-5-3-2-4-6(7)8;1-7-5-3-2-4-6-7;1-6-4-2-3-5(6)7;1-6-4-2-3-5-6;4*1-2/h2-5H2,1H3;2-6H2,1H3;2-4H2,1H3;2-5H2,1H3;4*1-2H3. The lowest BCUT2D eigenvalue weighted by atomic mass is 10.1. The van der Waals surface area contributed by atoms with Crippen molar-refractivity contribution < 1.29 is 9.59 Å². The van der Waals surface area contributed by atoms with E-state index in [1.807, 2.05) is 69.5 Å². The molecule has 0 N–H and O–H groups in total. The first-order valence-corrected chi connectivity index (χ1v) is 15.2. The van der Waals surface area contributed by atoms with Gasteiger partial charge >= 0.3 is 0 Å². The van der Waals surface area contributed by atoms with Gasteiger partial charge in [-0.3, -0.25) is 9.59 Å².